The molecule has 0 aliphatic carbocycles. The normalized spacial score (nSPS) is 10.9. The number of nitrogens with one attached hydrogen (secondary N) is 1. The van der Waals surface area contributed by atoms with Crippen molar-refractivity contribution in [2.24, 2.45) is 5.10 Å². The van der Waals surface area contributed by atoms with Crippen molar-refractivity contribution >= 4 is 40.1 Å². The minimum Gasteiger partial charge on any atom is -0.508 e. The molecule has 2 rings (SSSR count). The average molecular weight is 269 g/mol. The predicted molar refractivity (Wildman–Crippen MR) is 70.9 cm³/mol. The summed E-state index contributed by atoms with van der Waals surface area (Å²) in [4.78, 5) is 3.98. The maximum absolute atomic E-state index is 9.18. The lowest BCUT2D eigenvalue weighted by Crippen LogP contribution is -1.91. The van der Waals surface area contributed by atoms with Crippen molar-refractivity contribution < 1.29 is 5.11 Å². The minimum absolute atomic E-state index is 0.118. The van der Waals surface area contributed by atoms with E-state index in [9.17, 15) is 5.11 Å². The topological polar surface area (TPSA) is 83.5 Å². The van der Waals surface area contributed by atoms with E-state index in [0.29, 0.717) is 21.5 Å². The second-order valence-electron chi connectivity index (χ2n) is 3.15. The van der Waals surface area contributed by atoms with Gasteiger partial charge >= 0.3 is 0 Å². The van der Waals surface area contributed by atoms with Crippen molar-refractivity contribution in [2.75, 3.05) is 11.2 Å². The molecule has 0 amide bonds. The van der Waals surface area contributed by atoms with E-state index in [0.717, 1.165) is 0 Å². The molecule has 0 atom stereocenters. The molecule has 2 aromatic rings. The number of hydrogen-bond donors (Lipinski definition) is 3. The van der Waals surface area contributed by atoms with Crippen molar-refractivity contribution in [3.63, 3.8) is 0 Å². The number of nitrogen functional groups attached to an aromatic ring is 1. The molecule has 0 fully saturated rings. The first-order valence-corrected chi connectivity index (χ1v) is 5.89. The molecule has 1 heterocycles. The fourth-order valence-electron chi connectivity index (χ4n) is 1.12. The molecule has 1 aromatic heterocycles. The van der Waals surface area contributed by atoms with Gasteiger partial charge in [-0.1, -0.05) is 11.6 Å². The van der Waals surface area contributed by atoms with E-state index >= 15 is 0 Å². The van der Waals surface area contributed by atoms with Crippen LogP contribution in [0.3, 0.4) is 0 Å². The number of hydrogen-bond acceptors (Lipinski definition) is 6. The van der Waals surface area contributed by atoms with E-state index in [-0.39, 0.29) is 5.75 Å². The average Bonchev–Trinajstić information content (AvgIpc) is 2.68. The van der Waals surface area contributed by atoms with Gasteiger partial charge in [-0.2, -0.15) is 5.10 Å². The van der Waals surface area contributed by atoms with E-state index in [1.807, 2.05) is 0 Å². The highest BCUT2D eigenvalue weighted by Crippen LogP contribution is 2.20. The van der Waals surface area contributed by atoms with Gasteiger partial charge in [0.15, 0.2) is 0 Å². The molecule has 0 aliphatic rings. The highest BCUT2D eigenvalue weighted by atomic mass is 35.5. The van der Waals surface area contributed by atoms with Crippen LogP contribution in [0.1, 0.15) is 5.56 Å². The second-order valence-corrected chi connectivity index (χ2v) is 4.42. The van der Waals surface area contributed by atoms with Crippen LogP contribution in [-0.2, 0) is 0 Å². The van der Waals surface area contributed by atoms with Gasteiger partial charge in [-0.3, -0.25) is 5.43 Å². The minimum atomic E-state index is 0.118. The Hall–Kier alpha value is -1.79. The van der Waals surface area contributed by atoms with Crippen LogP contribution in [0, 0.1) is 0 Å². The van der Waals surface area contributed by atoms with Crippen molar-refractivity contribution in [3.8, 4) is 5.75 Å². The molecule has 0 spiro atoms. The third-order valence-corrected chi connectivity index (χ3v) is 2.96. The van der Waals surface area contributed by atoms with E-state index in [1.54, 1.807) is 17.7 Å². The predicted octanol–water partition coefficient (Wildman–Crippen LogP) is 2.53. The van der Waals surface area contributed by atoms with Gasteiger partial charge in [0.05, 0.1) is 11.2 Å². The van der Waals surface area contributed by atoms with Gasteiger partial charge in [0.1, 0.15) is 11.6 Å². The van der Waals surface area contributed by atoms with E-state index < -0.39 is 0 Å². The highest BCUT2D eigenvalue weighted by molar-refractivity contribution is 7.14. The molecule has 1 aromatic carbocycles. The van der Waals surface area contributed by atoms with E-state index in [4.69, 9.17) is 17.3 Å². The number of phenols is 1. The summed E-state index contributed by atoms with van der Waals surface area (Å²) in [6.07, 6.45) is 1.54. The second kappa shape index (κ2) is 5.03. The SMILES string of the molecule is Nc1csc(NN=Cc2ccc(O)cc2Cl)n1. The molecule has 0 saturated heterocycles. The fourth-order valence-corrected chi connectivity index (χ4v) is 1.89. The van der Waals surface area contributed by atoms with Crippen molar-refractivity contribution in [1.82, 2.24) is 4.98 Å². The number of halogens is 1. The molecule has 17 heavy (non-hydrogen) atoms. The maximum Gasteiger partial charge on any atom is 0.205 e. The van der Waals surface area contributed by atoms with Crippen molar-refractivity contribution in [3.05, 3.63) is 34.2 Å². The van der Waals surface area contributed by atoms with Crippen LogP contribution >= 0.6 is 22.9 Å². The number of thiazole rings is 1. The van der Waals surface area contributed by atoms with Gasteiger partial charge in [0.2, 0.25) is 5.13 Å². The number of nitrogens with two attached hydrogens (primary N) is 1. The highest BCUT2D eigenvalue weighted by Gasteiger charge is 1.99. The Labute approximate surface area is 107 Å². The number of anilines is 2. The van der Waals surface area contributed by atoms with Gasteiger partial charge in [-0.05, 0) is 18.2 Å². The van der Waals surface area contributed by atoms with Crippen LogP contribution in [0.15, 0.2) is 28.7 Å². The van der Waals surface area contributed by atoms with Crippen LogP contribution in [0.4, 0.5) is 10.9 Å². The van der Waals surface area contributed by atoms with Crippen molar-refractivity contribution in [2.45, 2.75) is 0 Å². The Morgan fingerprint density at radius 3 is 3.00 bits per heavy atom. The Kier molecular flexibility index (Phi) is 3.46. The van der Waals surface area contributed by atoms with Crippen LogP contribution < -0.4 is 11.2 Å². The molecule has 0 saturated carbocycles. The molecular formula is C10H9ClN4OS. The first-order chi connectivity index (χ1) is 8.15. The summed E-state index contributed by atoms with van der Waals surface area (Å²) < 4.78 is 0. The summed E-state index contributed by atoms with van der Waals surface area (Å²) in [7, 11) is 0. The zero-order valence-electron chi connectivity index (χ0n) is 8.59. The van der Waals surface area contributed by atoms with E-state index in [1.165, 1.54) is 23.5 Å². The summed E-state index contributed by atoms with van der Waals surface area (Å²) in [6.45, 7) is 0. The number of aromatic nitrogens is 1. The van der Waals surface area contributed by atoms with Gasteiger partial charge < -0.3 is 10.8 Å². The smallest absolute Gasteiger partial charge is 0.205 e. The molecule has 0 unspecified atom stereocenters. The quantitative estimate of drug-likeness (QED) is 0.590. The zero-order chi connectivity index (χ0) is 12.3. The molecule has 4 N–H and O–H groups in total. The lowest BCUT2D eigenvalue weighted by molar-refractivity contribution is 0.475. The van der Waals surface area contributed by atoms with E-state index in [2.05, 4.69) is 15.5 Å². The Bertz CT molecular complexity index is 555. The number of phenolic OH excluding ortho intramolecular Hbond substituents is 1. The summed E-state index contributed by atoms with van der Waals surface area (Å²) in [5.41, 5.74) is 8.89. The lowest BCUT2D eigenvalue weighted by Gasteiger charge is -1.98. The summed E-state index contributed by atoms with van der Waals surface area (Å²) in [5.74, 6) is 0.572. The Balaban J connectivity index is 2.05. The molecule has 88 valence electrons. The molecule has 0 aliphatic heterocycles. The van der Waals surface area contributed by atoms with Crippen LogP contribution in [0.5, 0.6) is 5.75 Å². The maximum atomic E-state index is 9.18. The Morgan fingerprint density at radius 2 is 2.35 bits per heavy atom. The third-order valence-electron chi connectivity index (χ3n) is 1.87. The lowest BCUT2D eigenvalue weighted by atomic mass is 10.2. The fraction of sp³-hybridized carbons (Fsp3) is 0. The number of benzene rings is 1. The van der Waals surface area contributed by atoms with Crippen LogP contribution in [0.2, 0.25) is 5.02 Å². The van der Waals surface area contributed by atoms with Gasteiger partial charge in [-0.25, -0.2) is 4.98 Å². The zero-order valence-corrected chi connectivity index (χ0v) is 10.2. The van der Waals surface area contributed by atoms with Crippen LogP contribution in [-0.4, -0.2) is 16.3 Å². The molecule has 5 nitrogen and oxygen atoms in total. The summed E-state index contributed by atoms with van der Waals surface area (Å²) >= 11 is 7.26. The third kappa shape index (κ3) is 3.08. The summed E-state index contributed by atoms with van der Waals surface area (Å²) in [5, 5.41) is 15.9. The largest absolute Gasteiger partial charge is 0.508 e. The number of hydrazone groups is 1. The molecular weight excluding hydrogens is 260 g/mol. The Morgan fingerprint density at radius 1 is 1.53 bits per heavy atom. The standard InChI is InChI=1S/C10H9ClN4OS/c11-8-3-7(16)2-1-6(8)4-13-15-10-14-9(12)5-17-10/h1-5,16H,12H2,(H,14,15). The van der Waals surface area contributed by atoms with Gasteiger partial charge in [0.25, 0.3) is 0 Å². The van der Waals surface area contributed by atoms with Gasteiger partial charge in [0, 0.05) is 10.9 Å². The number of rotatable bonds is 3. The van der Waals surface area contributed by atoms with Gasteiger partial charge in [-0.15, -0.1) is 11.3 Å². The van der Waals surface area contributed by atoms with Crippen molar-refractivity contribution in [1.29, 1.82) is 0 Å². The number of nitrogens with zero attached hydrogens (tertiary/aromatic N) is 2. The van der Waals surface area contributed by atoms with Crippen LogP contribution in [0.25, 0.3) is 0 Å². The first kappa shape index (κ1) is 11.7. The summed E-state index contributed by atoms with van der Waals surface area (Å²) in [6, 6.07) is 4.65. The molecule has 0 bridgehead atoms. The molecule has 0 radical (unpaired) electrons. The number of aromatic hydroxyl groups is 1. The monoisotopic (exact) mass is 268 g/mol. The molecule has 7 heteroatoms. The first-order valence-electron chi connectivity index (χ1n) is 4.64.